The number of nitrogens with zero attached hydrogens (tertiary/aromatic N) is 4. The van der Waals surface area contributed by atoms with Crippen molar-refractivity contribution in [2.24, 2.45) is 0 Å². The number of nitrogens with one attached hydrogen (secondary N) is 1. The van der Waals surface area contributed by atoms with E-state index in [9.17, 15) is 9.90 Å². The van der Waals surface area contributed by atoms with Crippen LogP contribution in [0.2, 0.25) is 0 Å². The Morgan fingerprint density at radius 3 is 2.78 bits per heavy atom. The Labute approximate surface area is 186 Å². The Hall–Kier alpha value is -3.24. The number of nitrogens with two attached hydrogens (primary N) is 1. The van der Waals surface area contributed by atoms with Crippen molar-refractivity contribution in [2.45, 2.75) is 38.8 Å². The van der Waals surface area contributed by atoms with Crippen LogP contribution in [0, 0.1) is 0 Å². The maximum absolute atomic E-state index is 13.3. The average molecular weight is 443 g/mol. The molecule has 1 unspecified atom stereocenters. The molecule has 0 aliphatic carbocycles. The summed E-state index contributed by atoms with van der Waals surface area (Å²) in [5, 5.41) is 12.6. The second-order valence-corrected chi connectivity index (χ2v) is 7.39. The SMILES string of the molecule is CCCC(CCO)Oc1nc(N)nc2ccn(Cc3ccc(OCCNC)nc3)c(=O)c12. The number of pyridine rings is 2. The maximum atomic E-state index is 13.3. The van der Waals surface area contributed by atoms with Gasteiger partial charge in [0, 0.05) is 38.0 Å². The number of likely N-dealkylation sites (N-methyl/N-ethyl adjacent to an activating group) is 1. The fourth-order valence-corrected chi connectivity index (χ4v) is 3.31. The summed E-state index contributed by atoms with van der Waals surface area (Å²) in [7, 11) is 1.85. The van der Waals surface area contributed by atoms with Crippen molar-refractivity contribution < 1.29 is 14.6 Å². The molecule has 4 N–H and O–H groups in total. The van der Waals surface area contributed by atoms with Crippen LogP contribution in [0.25, 0.3) is 10.9 Å². The normalized spacial score (nSPS) is 12.1. The molecule has 3 heterocycles. The van der Waals surface area contributed by atoms with Crippen molar-refractivity contribution in [2.75, 3.05) is 32.5 Å². The third-order valence-electron chi connectivity index (χ3n) is 4.90. The summed E-state index contributed by atoms with van der Waals surface area (Å²) in [4.78, 5) is 25.9. The van der Waals surface area contributed by atoms with Gasteiger partial charge < -0.3 is 30.2 Å². The summed E-state index contributed by atoms with van der Waals surface area (Å²) >= 11 is 0. The van der Waals surface area contributed by atoms with Crippen LogP contribution in [0.4, 0.5) is 5.95 Å². The summed E-state index contributed by atoms with van der Waals surface area (Å²) in [6.45, 7) is 3.57. The van der Waals surface area contributed by atoms with Crippen LogP contribution in [0.5, 0.6) is 11.8 Å². The number of hydrogen-bond donors (Lipinski definition) is 3. The second kappa shape index (κ2) is 11.4. The van der Waals surface area contributed by atoms with E-state index in [2.05, 4.69) is 20.3 Å². The first-order valence-corrected chi connectivity index (χ1v) is 10.7. The highest BCUT2D eigenvalue weighted by Crippen LogP contribution is 2.23. The Balaban J connectivity index is 1.88. The predicted molar refractivity (Wildman–Crippen MR) is 122 cm³/mol. The smallest absolute Gasteiger partial charge is 0.265 e. The highest BCUT2D eigenvalue weighted by atomic mass is 16.5. The highest BCUT2D eigenvalue weighted by molar-refractivity contribution is 5.83. The number of nitrogen functional groups attached to an aromatic ring is 1. The Morgan fingerprint density at radius 2 is 2.09 bits per heavy atom. The first kappa shape index (κ1) is 23.4. The molecule has 3 aromatic rings. The molecule has 10 heteroatoms. The van der Waals surface area contributed by atoms with Crippen LogP contribution in [-0.2, 0) is 6.54 Å². The number of fused-ring (bicyclic) bond motifs is 1. The predicted octanol–water partition coefficient (Wildman–Crippen LogP) is 1.35. The van der Waals surface area contributed by atoms with Gasteiger partial charge in [0.1, 0.15) is 18.1 Å². The summed E-state index contributed by atoms with van der Waals surface area (Å²) < 4.78 is 13.1. The zero-order valence-electron chi connectivity index (χ0n) is 18.5. The van der Waals surface area contributed by atoms with E-state index in [4.69, 9.17) is 15.2 Å². The van der Waals surface area contributed by atoms with Gasteiger partial charge in [0.25, 0.3) is 5.56 Å². The van der Waals surface area contributed by atoms with Crippen molar-refractivity contribution in [1.29, 1.82) is 0 Å². The van der Waals surface area contributed by atoms with Crippen LogP contribution in [0.1, 0.15) is 31.7 Å². The summed E-state index contributed by atoms with van der Waals surface area (Å²) in [6.07, 6.45) is 5.11. The lowest BCUT2D eigenvalue weighted by molar-refractivity contribution is 0.142. The van der Waals surface area contributed by atoms with Gasteiger partial charge in [-0.3, -0.25) is 4.79 Å². The van der Waals surface area contributed by atoms with Crippen LogP contribution < -0.4 is 26.1 Å². The lowest BCUT2D eigenvalue weighted by atomic mass is 10.1. The van der Waals surface area contributed by atoms with E-state index < -0.39 is 0 Å². The molecule has 0 spiro atoms. The highest BCUT2D eigenvalue weighted by Gasteiger charge is 2.18. The van der Waals surface area contributed by atoms with Gasteiger partial charge in [0.2, 0.25) is 17.7 Å². The second-order valence-electron chi connectivity index (χ2n) is 7.39. The Morgan fingerprint density at radius 1 is 1.25 bits per heavy atom. The zero-order valence-corrected chi connectivity index (χ0v) is 18.5. The quantitative estimate of drug-likeness (QED) is 0.355. The molecule has 0 radical (unpaired) electrons. The minimum absolute atomic E-state index is 0.0188. The minimum Gasteiger partial charge on any atom is -0.476 e. The molecule has 0 saturated carbocycles. The van der Waals surface area contributed by atoms with Crippen molar-refractivity contribution in [3.05, 3.63) is 46.5 Å². The number of rotatable bonds is 12. The summed E-state index contributed by atoms with van der Waals surface area (Å²) in [5.74, 6) is 0.701. The van der Waals surface area contributed by atoms with E-state index in [0.29, 0.717) is 31.0 Å². The Kier molecular flexibility index (Phi) is 8.34. The molecule has 172 valence electrons. The first-order chi connectivity index (χ1) is 15.5. The molecular formula is C22H30N6O4. The van der Waals surface area contributed by atoms with E-state index in [1.807, 2.05) is 20.0 Å². The van der Waals surface area contributed by atoms with E-state index in [1.54, 1.807) is 29.1 Å². The van der Waals surface area contributed by atoms with Crippen molar-refractivity contribution in [3.63, 3.8) is 0 Å². The summed E-state index contributed by atoms with van der Waals surface area (Å²) in [6, 6.07) is 5.36. The number of aliphatic hydroxyl groups is 1. The first-order valence-electron chi connectivity index (χ1n) is 10.7. The monoisotopic (exact) mass is 442 g/mol. The van der Waals surface area contributed by atoms with Crippen LogP contribution in [-0.4, -0.2) is 57.5 Å². The van der Waals surface area contributed by atoms with E-state index in [-0.39, 0.29) is 35.5 Å². The van der Waals surface area contributed by atoms with Gasteiger partial charge in [-0.05, 0) is 25.1 Å². The van der Waals surface area contributed by atoms with Gasteiger partial charge in [0.15, 0.2) is 0 Å². The van der Waals surface area contributed by atoms with Crippen molar-refractivity contribution >= 4 is 16.9 Å². The molecule has 0 saturated heterocycles. The lowest BCUT2D eigenvalue weighted by Gasteiger charge is -2.18. The largest absolute Gasteiger partial charge is 0.476 e. The molecule has 0 aliphatic heterocycles. The molecule has 0 aliphatic rings. The topological polar surface area (TPSA) is 137 Å². The molecule has 3 aromatic heterocycles. The maximum Gasteiger partial charge on any atom is 0.265 e. The van der Waals surface area contributed by atoms with Gasteiger partial charge in [-0.1, -0.05) is 19.4 Å². The standard InChI is InChI=1S/C22H30N6O4/c1-3-4-16(8-11-29)32-20-19-17(26-22(23)27-20)7-10-28(21(19)30)14-15-5-6-18(25-13-15)31-12-9-24-2/h5-7,10,13,16,24,29H,3-4,8-9,11-12,14H2,1-2H3,(H2,23,26,27). The lowest BCUT2D eigenvalue weighted by Crippen LogP contribution is -2.24. The van der Waals surface area contributed by atoms with E-state index >= 15 is 0 Å². The van der Waals surface area contributed by atoms with E-state index in [1.165, 1.54) is 0 Å². The zero-order chi connectivity index (χ0) is 22.9. The molecule has 0 fully saturated rings. The van der Waals surface area contributed by atoms with Crippen molar-refractivity contribution in [3.8, 4) is 11.8 Å². The van der Waals surface area contributed by atoms with Gasteiger partial charge in [-0.25, -0.2) is 9.97 Å². The molecule has 3 rings (SSSR count). The molecule has 0 amide bonds. The molecule has 0 aromatic carbocycles. The van der Waals surface area contributed by atoms with Gasteiger partial charge in [-0.2, -0.15) is 4.98 Å². The van der Waals surface area contributed by atoms with Gasteiger partial charge >= 0.3 is 0 Å². The fraction of sp³-hybridized carbons (Fsp3) is 0.455. The van der Waals surface area contributed by atoms with Crippen molar-refractivity contribution in [1.82, 2.24) is 24.8 Å². The number of anilines is 1. The number of hydrogen-bond acceptors (Lipinski definition) is 9. The average Bonchev–Trinajstić information content (AvgIpc) is 2.77. The molecule has 10 nitrogen and oxygen atoms in total. The molecule has 0 bridgehead atoms. The number of ether oxygens (including phenoxy) is 2. The van der Waals surface area contributed by atoms with Crippen LogP contribution >= 0.6 is 0 Å². The molecule has 32 heavy (non-hydrogen) atoms. The third kappa shape index (κ3) is 5.92. The number of aromatic nitrogens is 4. The molecule has 1 atom stereocenters. The fourth-order valence-electron chi connectivity index (χ4n) is 3.31. The number of aliphatic hydroxyl groups excluding tert-OH is 1. The van der Waals surface area contributed by atoms with Gasteiger partial charge in [-0.15, -0.1) is 0 Å². The Bertz CT molecular complexity index is 1060. The van der Waals surface area contributed by atoms with Crippen LogP contribution in [0.15, 0.2) is 35.4 Å². The summed E-state index contributed by atoms with van der Waals surface area (Å²) in [5.41, 5.74) is 6.81. The minimum atomic E-state index is -0.286. The molecular weight excluding hydrogens is 412 g/mol. The van der Waals surface area contributed by atoms with E-state index in [0.717, 1.165) is 24.9 Å². The van der Waals surface area contributed by atoms with Gasteiger partial charge in [0.05, 0.1) is 12.1 Å². The third-order valence-corrected chi connectivity index (χ3v) is 4.90. The van der Waals surface area contributed by atoms with Crippen LogP contribution in [0.3, 0.4) is 0 Å².